The zero-order chi connectivity index (χ0) is 13.7. The molecule has 0 fully saturated rings. The number of nitrogens with zero attached hydrogens (tertiary/aromatic N) is 1. The van der Waals surface area contributed by atoms with Crippen LogP contribution in [0.15, 0.2) is 12.1 Å². The van der Waals surface area contributed by atoms with Crippen molar-refractivity contribution in [2.45, 2.75) is 20.0 Å². The molecule has 0 spiro atoms. The Morgan fingerprint density at radius 3 is 2.33 bits per heavy atom. The van der Waals surface area contributed by atoms with E-state index in [1.807, 2.05) is 0 Å². The summed E-state index contributed by atoms with van der Waals surface area (Å²) in [7, 11) is 0. The minimum Gasteiger partial charge on any atom is -0.398 e. The topological polar surface area (TPSA) is 38.9 Å². The number of hydrogen-bond acceptors (Lipinski definition) is 2. The highest BCUT2D eigenvalue weighted by Crippen LogP contribution is 2.37. The first-order valence-electron chi connectivity index (χ1n) is 5.15. The van der Waals surface area contributed by atoms with Gasteiger partial charge in [0.25, 0.3) is 0 Å². The first-order chi connectivity index (χ1) is 8.23. The highest BCUT2D eigenvalue weighted by molar-refractivity contribution is 5.95. The number of fused-ring (bicyclic) bond motifs is 1. The van der Waals surface area contributed by atoms with Gasteiger partial charge in [-0.1, -0.05) is 6.07 Å². The maximum atomic E-state index is 13.6. The van der Waals surface area contributed by atoms with Crippen LogP contribution in [0.3, 0.4) is 0 Å². The van der Waals surface area contributed by atoms with Gasteiger partial charge in [0.05, 0.1) is 0 Å². The summed E-state index contributed by atoms with van der Waals surface area (Å²) in [6.45, 7) is 2.88. The van der Waals surface area contributed by atoms with Gasteiger partial charge in [-0.15, -0.1) is 0 Å². The quantitative estimate of drug-likeness (QED) is 0.733. The molecule has 2 N–H and O–H groups in total. The van der Waals surface area contributed by atoms with Crippen LogP contribution in [0, 0.1) is 19.7 Å². The second-order valence-corrected chi connectivity index (χ2v) is 4.08. The normalized spacial score (nSPS) is 12.1. The monoisotopic (exact) mass is 258 g/mol. The van der Waals surface area contributed by atoms with Crippen molar-refractivity contribution < 1.29 is 17.6 Å². The predicted octanol–water partition coefficient (Wildman–Crippen LogP) is 3.59. The van der Waals surface area contributed by atoms with Crippen molar-refractivity contribution in [2.75, 3.05) is 5.73 Å². The average molecular weight is 258 g/mol. The SMILES string of the molecule is Cc1c(C(F)(F)F)nc2c(F)ccc(C)c2c1N. The van der Waals surface area contributed by atoms with Gasteiger partial charge < -0.3 is 5.73 Å². The lowest BCUT2D eigenvalue weighted by atomic mass is 10.0. The lowest BCUT2D eigenvalue weighted by Crippen LogP contribution is -2.13. The van der Waals surface area contributed by atoms with Gasteiger partial charge in [0.1, 0.15) is 17.0 Å². The Hall–Kier alpha value is -1.85. The molecule has 6 heteroatoms. The Bertz CT molecular complexity index is 632. The van der Waals surface area contributed by atoms with E-state index in [9.17, 15) is 17.6 Å². The van der Waals surface area contributed by atoms with E-state index in [2.05, 4.69) is 4.98 Å². The number of aryl methyl sites for hydroxylation is 1. The fourth-order valence-corrected chi connectivity index (χ4v) is 1.90. The van der Waals surface area contributed by atoms with E-state index in [4.69, 9.17) is 5.73 Å². The number of alkyl halides is 3. The van der Waals surface area contributed by atoms with Gasteiger partial charge in [-0.25, -0.2) is 9.37 Å². The molecule has 0 aliphatic carbocycles. The highest BCUT2D eigenvalue weighted by Gasteiger charge is 2.36. The third-order valence-electron chi connectivity index (χ3n) is 2.86. The fourth-order valence-electron chi connectivity index (χ4n) is 1.90. The number of halogens is 4. The molecule has 0 bridgehead atoms. The fraction of sp³-hybridized carbons (Fsp3) is 0.250. The number of nitrogen functional groups attached to an aromatic ring is 1. The Labute approximate surface area is 100 Å². The largest absolute Gasteiger partial charge is 0.433 e. The molecule has 0 aliphatic heterocycles. The van der Waals surface area contributed by atoms with Crippen molar-refractivity contribution in [1.29, 1.82) is 0 Å². The molecular formula is C12H10F4N2. The van der Waals surface area contributed by atoms with E-state index < -0.39 is 17.7 Å². The molecule has 2 aromatic rings. The van der Waals surface area contributed by atoms with E-state index in [0.29, 0.717) is 5.56 Å². The first-order valence-corrected chi connectivity index (χ1v) is 5.15. The Kier molecular flexibility index (Phi) is 2.68. The Morgan fingerprint density at radius 2 is 1.78 bits per heavy atom. The third-order valence-corrected chi connectivity index (χ3v) is 2.86. The number of nitrogens with two attached hydrogens (primary N) is 1. The van der Waals surface area contributed by atoms with Crippen LogP contribution in [0.4, 0.5) is 23.2 Å². The van der Waals surface area contributed by atoms with Gasteiger partial charge in [-0.3, -0.25) is 0 Å². The second-order valence-electron chi connectivity index (χ2n) is 4.08. The summed E-state index contributed by atoms with van der Waals surface area (Å²) in [6.07, 6.45) is -4.65. The maximum absolute atomic E-state index is 13.6. The lowest BCUT2D eigenvalue weighted by molar-refractivity contribution is -0.141. The second kappa shape index (κ2) is 3.83. The summed E-state index contributed by atoms with van der Waals surface area (Å²) in [5, 5.41) is 0.237. The molecule has 18 heavy (non-hydrogen) atoms. The lowest BCUT2D eigenvalue weighted by Gasteiger charge is -2.15. The molecule has 0 unspecified atom stereocenters. The van der Waals surface area contributed by atoms with E-state index in [1.54, 1.807) is 6.92 Å². The van der Waals surface area contributed by atoms with Gasteiger partial charge in [-0.2, -0.15) is 13.2 Å². The molecule has 96 valence electrons. The molecule has 0 radical (unpaired) electrons. The number of hydrogen-bond donors (Lipinski definition) is 1. The third kappa shape index (κ3) is 1.77. The van der Waals surface area contributed by atoms with E-state index >= 15 is 0 Å². The Balaban J connectivity index is 2.97. The van der Waals surface area contributed by atoms with Crippen molar-refractivity contribution >= 4 is 16.6 Å². The maximum Gasteiger partial charge on any atom is 0.433 e. The average Bonchev–Trinajstić information content (AvgIpc) is 2.26. The van der Waals surface area contributed by atoms with Crippen molar-refractivity contribution in [3.05, 3.63) is 34.8 Å². The van der Waals surface area contributed by atoms with Crippen LogP contribution in [0.2, 0.25) is 0 Å². The minimum absolute atomic E-state index is 0.0793. The van der Waals surface area contributed by atoms with Gasteiger partial charge in [0, 0.05) is 16.6 Å². The van der Waals surface area contributed by atoms with Crippen LogP contribution in [-0.4, -0.2) is 4.98 Å². The predicted molar refractivity (Wildman–Crippen MR) is 60.6 cm³/mol. The summed E-state index contributed by atoms with van der Waals surface area (Å²) in [4.78, 5) is 3.39. The molecule has 1 aromatic heterocycles. The molecule has 0 saturated carbocycles. The standard InChI is InChI=1S/C12H10F4N2/c1-5-3-4-7(13)10-8(5)9(17)6(2)11(18-10)12(14,15)16/h3-4H,1-2H3,(H2,17,18). The molecule has 0 amide bonds. The molecule has 2 rings (SSSR count). The highest BCUT2D eigenvalue weighted by atomic mass is 19.4. The summed E-state index contributed by atoms with van der Waals surface area (Å²) < 4.78 is 51.8. The zero-order valence-corrected chi connectivity index (χ0v) is 9.69. The van der Waals surface area contributed by atoms with E-state index in [-0.39, 0.29) is 22.2 Å². The summed E-state index contributed by atoms with van der Waals surface area (Å²) >= 11 is 0. The summed E-state index contributed by atoms with van der Waals surface area (Å²) in [5.74, 6) is -0.812. The van der Waals surface area contributed by atoms with Crippen molar-refractivity contribution in [3.63, 3.8) is 0 Å². The molecule has 1 heterocycles. The smallest absolute Gasteiger partial charge is 0.398 e. The van der Waals surface area contributed by atoms with Crippen LogP contribution in [-0.2, 0) is 6.18 Å². The number of anilines is 1. The number of rotatable bonds is 0. The van der Waals surface area contributed by atoms with E-state index in [1.165, 1.54) is 13.0 Å². The number of aromatic nitrogens is 1. The zero-order valence-electron chi connectivity index (χ0n) is 9.69. The van der Waals surface area contributed by atoms with Crippen LogP contribution < -0.4 is 5.73 Å². The van der Waals surface area contributed by atoms with Gasteiger partial charge in [0.2, 0.25) is 0 Å². The van der Waals surface area contributed by atoms with Crippen LogP contribution in [0.5, 0.6) is 0 Å². The molecule has 2 nitrogen and oxygen atoms in total. The molecule has 0 atom stereocenters. The summed E-state index contributed by atoms with van der Waals surface area (Å²) in [5.41, 5.74) is 4.53. The van der Waals surface area contributed by atoms with Gasteiger partial charge in [0.15, 0.2) is 0 Å². The van der Waals surface area contributed by atoms with E-state index in [0.717, 1.165) is 6.07 Å². The van der Waals surface area contributed by atoms with Gasteiger partial charge in [-0.05, 0) is 25.5 Å². The number of benzene rings is 1. The Morgan fingerprint density at radius 1 is 1.17 bits per heavy atom. The van der Waals surface area contributed by atoms with Crippen LogP contribution in [0.25, 0.3) is 10.9 Å². The van der Waals surface area contributed by atoms with Crippen molar-refractivity contribution in [2.24, 2.45) is 0 Å². The minimum atomic E-state index is -4.65. The molecule has 1 aromatic carbocycles. The van der Waals surface area contributed by atoms with Crippen LogP contribution >= 0.6 is 0 Å². The first kappa shape index (κ1) is 12.6. The number of pyridine rings is 1. The molecule has 0 saturated heterocycles. The summed E-state index contributed by atoms with van der Waals surface area (Å²) in [6, 6.07) is 2.54. The molecular weight excluding hydrogens is 248 g/mol. The van der Waals surface area contributed by atoms with Gasteiger partial charge >= 0.3 is 6.18 Å². The van der Waals surface area contributed by atoms with Crippen molar-refractivity contribution in [3.8, 4) is 0 Å². The molecule has 0 aliphatic rings. The van der Waals surface area contributed by atoms with Crippen LogP contribution in [0.1, 0.15) is 16.8 Å². The van der Waals surface area contributed by atoms with Crippen molar-refractivity contribution in [1.82, 2.24) is 4.98 Å².